The molecule has 1 heterocycles. The third-order valence-electron chi connectivity index (χ3n) is 2.79. The van der Waals surface area contributed by atoms with Crippen LogP contribution in [-0.2, 0) is 5.41 Å². The highest BCUT2D eigenvalue weighted by Gasteiger charge is 2.32. The van der Waals surface area contributed by atoms with Crippen LogP contribution in [0.2, 0.25) is 0 Å². The number of hydrogen-bond donors (Lipinski definition) is 1. The van der Waals surface area contributed by atoms with Gasteiger partial charge in [0.15, 0.2) is 0 Å². The lowest BCUT2D eigenvalue weighted by Crippen LogP contribution is -2.24. The molecule has 1 aromatic carbocycles. The summed E-state index contributed by atoms with van der Waals surface area (Å²) in [6, 6.07) is 6.19. The largest absolute Gasteiger partial charge is 0.399 e. The molecule has 3 heteroatoms. The van der Waals surface area contributed by atoms with Crippen LogP contribution < -0.4 is 10.6 Å². The smallest absolute Gasteiger partial charge is 0.0423 e. The molecular formula is C11H17ClN2. The minimum Gasteiger partial charge on any atom is -0.399 e. The molecule has 0 fully saturated rings. The van der Waals surface area contributed by atoms with Crippen LogP contribution in [0, 0.1) is 0 Å². The van der Waals surface area contributed by atoms with Crippen LogP contribution in [0.1, 0.15) is 19.4 Å². The first kappa shape index (κ1) is 11.2. The molecule has 1 aliphatic rings. The highest BCUT2D eigenvalue weighted by Crippen LogP contribution is 2.40. The van der Waals surface area contributed by atoms with Crippen molar-refractivity contribution < 1.29 is 0 Å². The van der Waals surface area contributed by atoms with Crippen molar-refractivity contribution in [2.24, 2.45) is 0 Å². The molecule has 0 unspecified atom stereocenters. The summed E-state index contributed by atoms with van der Waals surface area (Å²) in [5, 5.41) is 0. The Morgan fingerprint density at radius 1 is 1.36 bits per heavy atom. The van der Waals surface area contributed by atoms with Crippen LogP contribution in [-0.4, -0.2) is 13.6 Å². The van der Waals surface area contributed by atoms with Crippen LogP contribution >= 0.6 is 12.4 Å². The van der Waals surface area contributed by atoms with E-state index in [-0.39, 0.29) is 17.8 Å². The molecular weight excluding hydrogens is 196 g/mol. The summed E-state index contributed by atoms with van der Waals surface area (Å²) in [6.45, 7) is 5.61. The average Bonchev–Trinajstić information content (AvgIpc) is 2.22. The summed E-state index contributed by atoms with van der Waals surface area (Å²) in [4.78, 5) is 2.27. The van der Waals surface area contributed by atoms with Crippen molar-refractivity contribution in [1.82, 2.24) is 0 Å². The van der Waals surface area contributed by atoms with Crippen molar-refractivity contribution in [3.8, 4) is 0 Å². The summed E-state index contributed by atoms with van der Waals surface area (Å²) < 4.78 is 0. The van der Waals surface area contributed by atoms with Gasteiger partial charge in [0.2, 0.25) is 0 Å². The summed E-state index contributed by atoms with van der Waals surface area (Å²) in [7, 11) is 2.12. The number of anilines is 2. The molecule has 0 spiro atoms. The molecule has 2 nitrogen and oxygen atoms in total. The van der Waals surface area contributed by atoms with E-state index in [2.05, 4.69) is 37.9 Å². The molecule has 78 valence electrons. The summed E-state index contributed by atoms with van der Waals surface area (Å²) in [5.74, 6) is 0. The Morgan fingerprint density at radius 2 is 2.00 bits per heavy atom. The fourth-order valence-corrected chi connectivity index (χ4v) is 2.20. The van der Waals surface area contributed by atoms with E-state index in [1.165, 1.54) is 11.3 Å². The van der Waals surface area contributed by atoms with Crippen LogP contribution in [0.4, 0.5) is 11.4 Å². The number of nitrogen functional groups attached to an aromatic ring is 1. The van der Waals surface area contributed by atoms with E-state index in [0.29, 0.717) is 0 Å². The SMILES string of the molecule is CN1CC(C)(C)c2ccc(N)cc21.Cl. The molecule has 0 amide bonds. The van der Waals surface area contributed by atoms with E-state index >= 15 is 0 Å². The van der Waals surface area contributed by atoms with Gasteiger partial charge >= 0.3 is 0 Å². The van der Waals surface area contributed by atoms with E-state index in [1.54, 1.807) is 0 Å². The summed E-state index contributed by atoms with van der Waals surface area (Å²) in [5.41, 5.74) is 9.56. The van der Waals surface area contributed by atoms with Gasteiger partial charge in [-0.15, -0.1) is 12.4 Å². The van der Waals surface area contributed by atoms with Gasteiger partial charge in [-0.25, -0.2) is 0 Å². The zero-order valence-electron chi connectivity index (χ0n) is 8.87. The molecule has 0 saturated heterocycles. The standard InChI is InChI=1S/C11H16N2.ClH/c1-11(2)7-13(3)10-6-8(12)4-5-9(10)11;/h4-6H,7,12H2,1-3H3;1H. The molecule has 14 heavy (non-hydrogen) atoms. The van der Waals surface area contributed by atoms with E-state index in [4.69, 9.17) is 5.73 Å². The van der Waals surface area contributed by atoms with E-state index in [0.717, 1.165) is 12.2 Å². The number of benzene rings is 1. The van der Waals surface area contributed by atoms with Gasteiger partial charge in [-0.05, 0) is 17.7 Å². The van der Waals surface area contributed by atoms with Gasteiger partial charge in [0.05, 0.1) is 0 Å². The van der Waals surface area contributed by atoms with Gasteiger partial charge in [0.25, 0.3) is 0 Å². The lowest BCUT2D eigenvalue weighted by Gasteiger charge is -2.18. The minimum atomic E-state index is 0. The average molecular weight is 213 g/mol. The van der Waals surface area contributed by atoms with Crippen LogP contribution in [0.3, 0.4) is 0 Å². The van der Waals surface area contributed by atoms with Gasteiger partial charge < -0.3 is 10.6 Å². The predicted molar refractivity (Wildman–Crippen MR) is 64.4 cm³/mol. The fourth-order valence-electron chi connectivity index (χ4n) is 2.20. The Bertz CT molecular complexity index is 347. The molecule has 0 aromatic heterocycles. The quantitative estimate of drug-likeness (QED) is 0.670. The van der Waals surface area contributed by atoms with Crippen molar-refractivity contribution in [2.75, 3.05) is 24.2 Å². The number of fused-ring (bicyclic) bond motifs is 1. The lowest BCUT2D eigenvalue weighted by atomic mass is 9.87. The topological polar surface area (TPSA) is 29.3 Å². The van der Waals surface area contributed by atoms with E-state index in [1.807, 2.05) is 6.07 Å². The zero-order chi connectivity index (χ0) is 9.64. The molecule has 2 rings (SSSR count). The lowest BCUT2D eigenvalue weighted by molar-refractivity contribution is 0.563. The molecule has 0 aliphatic carbocycles. The zero-order valence-corrected chi connectivity index (χ0v) is 9.69. The molecule has 2 N–H and O–H groups in total. The van der Waals surface area contributed by atoms with Gasteiger partial charge in [0, 0.05) is 30.4 Å². The fraction of sp³-hybridized carbons (Fsp3) is 0.455. The number of nitrogens with zero attached hydrogens (tertiary/aromatic N) is 1. The Labute approximate surface area is 91.5 Å². The van der Waals surface area contributed by atoms with Crippen LogP contribution in [0.5, 0.6) is 0 Å². The van der Waals surface area contributed by atoms with Crippen molar-refractivity contribution in [3.05, 3.63) is 23.8 Å². The van der Waals surface area contributed by atoms with E-state index < -0.39 is 0 Å². The van der Waals surface area contributed by atoms with Gasteiger partial charge in [-0.3, -0.25) is 0 Å². The van der Waals surface area contributed by atoms with Crippen molar-refractivity contribution >= 4 is 23.8 Å². The minimum absolute atomic E-state index is 0. The Balaban J connectivity index is 0.000000980. The third-order valence-corrected chi connectivity index (χ3v) is 2.79. The first-order chi connectivity index (χ1) is 6.00. The molecule has 0 radical (unpaired) electrons. The highest BCUT2D eigenvalue weighted by atomic mass is 35.5. The number of nitrogens with two attached hydrogens (primary N) is 1. The third kappa shape index (κ3) is 1.55. The normalized spacial score (nSPS) is 17.5. The second-order valence-corrected chi connectivity index (χ2v) is 4.52. The molecule has 1 aliphatic heterocycles. The Kier molecular flexibility index (Phi) is 2.68. The Morgan fingerprint density at radius 3 is 2.64 bits per heavy atom. The van der Waals surface area contributed by atoms with Gasteiger partial charge in [-0.2, -0.15) is 0 Å². The van der Waals surface area contributed by atoms with Gasteiger partial charge in [0.1, 0.15) is 0 Å². The number of rotatable bonds is 0. The van der Waals surface area contributed by atoms with Crippen LogP contribution in [0.15, 0.2) is 18.2 Å². The first-order valence-corrected chi connectivity index (χ1v) is 4.62. The molecule has 1 aromatic rings. The monoisotopic (exact) mass is 212 g/mol. The molecule has 0 saturated carbocycles. The highest BCUT2D eigenvalue weighted by molar-refractivity contribution is 5.85. The first-order valence-electron chi connectivity index (χ1n) is 4.62. The number of halogens is 1. The van der Waals surface area contributed by atoms with Crippen molar-refractivity contribution in [2.45, 2.75) is 19.3 Å². The molecule has 0 atom stereocenters. The van der Waals surface area contributed by atoms with Crippen molar-refractivity contribution in [3.63, 3.8) is 0 Å². The number of likely N-dealkylation sites (N-methyl/N-ethyl adjacent to an activating group) is 1. The number of hydrogen-bond acceptors (Lipinski definition) is 2. The van der Waals surface area contributed by atoms with Gasteiger partial charge in [-0.1, -0.05) is 19.9 Å². The predicted octanol–water partition coefficient (Wildman–Crippen LogP) is 2.42. The Hall–Kier alpha value is -0.890. The maximum absolute atomic E-state index is 5.75. The summed E-state index contributed by atoms with van der Waals surface area (Å²) >= 11 is 0. The second kappa shape index (κ2) is 3.35. The van der Waals surface area contributed by atoms with Crippen molar-refractivity contribution in [1.29, 1.82) is 0 Å². The second-order valence-electron chi connectivity index (χ2n) is 4.52. The van der Waals surface area contributed by atoms with E-state index in [9.17, 15) is 0 Å². The van der Waals surface area contributed by atoms with Crippen LogP contribution in [0.25, 0.3) is 0 Å². The summed E-state index contributed by atoms with van der Waals surface area (Å²) in [6.07, 6.45) is 0. The molecule has 0 bridgehead atoms. The maximum Gasteiger partial charge on any atom is 0.0423 e. The maximum atomic E-state index is 5.75.